The van der Waals surface area contributed by atoms with Crippen molar-refractivity contribution in [3.63, 3.8) is 0 Å². The Morgan fingerprint density at radius 2 is 1.36 bits per heavy atom. The molecular weight excluding hydrogens is 459 g/mol. The standard InChI is InChI=1S/C25H27IO2/c1-16-15-21(27-5)9-10-22(16)25(4,19-7-11-23(26)17(2)13-19)20-8-12-24(28-6)18(3)14-20/h7-15H,1-6H3. The average Bonchev–Trinajstić information content (AvgIpc) is 2.69. The molecule has 0 saturated carbocycles. The van der Waals surface area contributed by atoms with Gasteiger partial charge in [-0.1, -0.05) is 30.3 Å². The van der Waals surface area contributed by atoms with Crippen molar-refractivity contribution in [1.29, 1.82) is 0 Å². The Morgan fingerprint density at radius 3 is 1.89 bits per heavy atom. The highest BCUT2D eigenvalue weighted by atomic mass is 127. The predicted octanol–water partition coefficient (Wildman–Crippen LogP) is 6.59. The van der Waals surface area contributed by atoms with Crippen molar-refractivity contribution in [2.24, 2.45) is 0 Å². The van der Waals surface area contributed by atoms with Crippen molar-refractivity contribution in [1.82, 2.24) is 0 Å². The van der Waals surface area contributed by atoms with Crippen molar-refractivity contribution in [2.75, 3.05) is 14.2 Å². The molecule has 3 heteroatoms. The van der Waals surface area contributed by atoms with E-state index in [4.69, 9.17) is 9.47 Å². The fourth-order valence-electron chi connectivity index (χ4n) is 3.95. The van der Waals surface area contributed by atoms with Gasteiger partial charge in [0.2, 0.25) is 0 Å². The van der Waals surface area contributed by atoms with Crippen molar-refractivity contribution in [2.45, 2.75) is 33.1 Å². The molecule has 28 heavy (non-hydrogen) atoms. The molecule has 3 rings (SSSR count). The van der Waals surface area contributed by atoms with Crippen LogP contribution in [0, 0.1) is 24.3 Å². The quantitative estimate of drug-likeness (QED) is 0.299. The summed E-state index contributed by atoms with van der Waals surface area (Å²) in [5.74, 6) is 1.80. The highest BCUT2D eigenvalue weighted by Gasteiger charge is 2.33. The second-order valence-electron chi connectivity index (χ2n) is 7.45. The minimum atomic E-state index is -0.289. The molecule has 0 saturated heterocycles. The fourth-order valence-corrected chi connectivity index (χ4v) is 4.28. The third-order valence-corrected chi connectivity index (χ3v) is 6.89. The molecule has 0 aliphatic heterocycles. The van der Waals surface area contributed by atoms with Gasteiger partial charge in [-0.15, -0.1) is 0 Å². The lowest BCUT2D eigenvalue weighted by Crippen LogP contribution is -2.27. The molecule has 3 aromatic carbocycles. The fraction of sp³-hybridized carbons (Fsp3) is 0.280. The maximum Gasteiger partial charge on any atom is 0.121 e. The first-order valence-electron chi connectivity index (χ1n) is 9.38. The Labute approximate surface area is 182 Å². The Kier molecular flexibility index (Phi) is 6.04. The Balaban J connectivity index is 2.30. The molecule has 3 aromatic rings. The summed E-state index contributed by atoms with van der Waals surface area (Å²) in [5, 5.41) is 0. The van der Waals surface area contributed by atoms with Gasteiger partial charge in [0.15, 0.2) is 0 Å². The summed E-state index contributed by atoms with van der Waals surface area (Å²) < 4.78 is 12.2. The van der Waals surface area contributed by atoms with Gasteiger partial charge < -0.3 is 9.47 Å². The maximum absolute atomic E-state index is 5.50. The zero-order chi connectivity index (χ0) is 20.5. The van der Waals surface area contributed by atoms with Crippen LogP contribution in [0.3, 0.4) is 0 Å². The molecule has 0 N–H and O–H groups in total. The number of hydrogen-bond acceptors (Lipinski definition) is 2. The number of benzene rings is 3. The minimum Gasteiger partial charge on any atom is -0.497 e. The normalized spacial score (nSPS) is 13.1. The van der Waals surface area contributed by atoms with Crippen LogP contribution in [0.4, 0.5) is 0 Å². The summed E-state index contributed by atoms with van der Waals surface area (Å²) in [4.78, 5) is 0. The maximum atomic E-state index is 5.50. The Morgan fingerprint density at radius 1 is 0.714 bits per heavy atom. The van der Waals surface area contributed by atoms with Crippen molar-refractivity contribution in [3.05, 3.63) is 91.5 Å². The van der Waals surface area contributed by atoms with Gasteiger partial charge in [-0.05, 0) is 108 Å². The van der Waals surface area contributed by atoms with Crippen LogP contribution in [0.1, 0.15) is 40.3 Å². The average molecular weight is 486 g/mol. The second-order valence-corrected chi connectivity index (χ2v) is 8.62. The van der Waals surface area contributed by atoms with E-state index in [2.05, 4.69) is 105 Å². The molecule has 0 amide bonds. The van der Waals surface area contributed by atoms with Gasteiger partial charge in [-0.25, -0.2) is 0 Å². The van der Waals surface area contributed by atoms with Crippen LogP contribution < -0.4 is 9.47 Å². The Hall–Kier alpha value is -2.01. The molecule has 0 aromatic heterocycles. The van der Waals surface area contributed by atoms with Crippen LogP contribution in [-0.4, -0.2) is 14.2 Å². The summed E-state index contributed by atoms with van der Waals surface area (Å²) in [5.41, 5.74) is 7.16. The van der Waals surface area contributed by atoms with E-state index in [1.807, 2.05) is 0 Å². The SMILES string of the molecule is COc1ccc(C(C)(c2ccc(I)c(C)c2)c2ccc(OC)c(C)c2)c(C)c1. The van der Waals surface area contributed by atoms with Crippen molar-refractivity contribution >= 4 is 22.6 Å². The summed E-state index contributed by atoms with van der Waals surface area (Å²) in [7, 11) is 3.43. The molecule has 0 heterocycles. The van der Waals surface area contributed by atoms with E-state index >= 15 is 0 Å². The van der Waals surface area contributed by atoms with E-state index in [9.17, 15) is 0 Å². The van der Waals surface area contributed by atoms with Crippen LogP contribution in [0.2, 0.25) is 0 Å². The molecule has 0 aliphatic carbocycles. The molecular formula is C25H27IO2. The number of methoxy groups -OCH3 is 2. The molecule has 146 valence electrons. The van der Waals surface area contributed by atoms with Gasteiger partial charge in [-0.3, -0.25) is 0 Å². The molecule has 0 spiro atoms. The number of halogens is 1. The number of hydrogen-bond donors (Lipinski definition) is 0. The van der Waals surface area contributed by atoms with Gasteiger partial charge >= 0.3 is 0 Å². The Bertz CT molecular complexity index is 1010. The van der Waals surface area contributed by atoms with E-state index in [1.165, 1.54) is 31.4 Å². The van der Waals surface area contributed by atoms with Crippen LogP contribution in [-0.2, 0) is 5.41 Å². The van der Waals surface area contributed by atoms with E-state index in [0.29, 0.717) is 0 Å². The van der Waals surface area contributed by atoms with Crippen LogP contribution in [0.5, 0.6) is 11.5 Å². The van der Waals surface area contributed by atoms with Crippen molar-refractivity contribution in [3.8, 4) is 11.5 Å². The van der Waals surface area contributed by atoms with Crippen LogP contribution >= 0.6 is 22.6 Å². The molecule has 0 bridgehead atoms. The third-order valence-electron chi connectivity index (χ3n) is 5.68. The molecule has 1 atom stereocenters. The van der Waals surface area contributed by atoms with Gasteiger partial charge in [-0.2, -0.15) is 0 Å². The lowest BCUT2D eigenvalue weighted by Gasteiger charge is -2.34. The summed E-state index contributed by atoms with van der Waals surface area (Å²) in [6, 6.07) is 19.6. The number of aryl methyl sites for hydroxylation is 3. The van der Waals surface area contributed by atoms with Gasteiger partial charge in [0.25, 0.3) is 0 Å². The lowest BCUT2D eigenvalue weighted by atomic mass is 9.69. The van der Waals surface area contributed by atoms with Crippen LogP contribution in [0.25, 0.3) is 0 Å². The van der Waals surface area contributed by atoms with Gasteiger partial charge in [0, 0.05) is 8.99 Å². The topological polar surface area (TPSA) is 18.5 Å². The minimum absolute atomic E-state index is 0.289. The number of rotatable bonds is 5. The van der Waals surface area contributed by atoms with Crippen LogP contribution in [0.15, 0.2) is 54.6 Å². The zero-order valence-corrected chi connectivity index (χ0v) is 19.5. The van der Waals surface area contributed by atoms with E-state index < -0.39 is 0 Å². The third kappa shape index (κ3) is 3.64. The first-order valence-corrected chi connectivity index (χ1v) is 10.5. The lowest BCUT2D eigenvalue weighted by molar-refractivity contribution is 0.411. The molecule has 0 fully saturated rings. The van der Waals surface area contributed by atoms with E-state index in [0.717, 1.165) is 17.1 Å². The first kappa shape index (κ1) is 20.7. The molecule has 1 unspecified atom stereocenters. The number of ether oxygens (including phenoxy) is 2. The van der Waals surface area contributed by atoms with E-state index in [1.54, 1.807) is 14.2 Å². The summed E-state index contributed by atoms with van der Waals surface area (Å²) in [6.07, 6.45) is 0. The first-order chi connectivity index (χ1) is 13.3. The smallest absolute Gasteiger partial charge is 0.121 e. The highest BCUT2D eigenvalue weighted by molar-refractivity contribution is 14.1. The second kappa shape index (κ2) is 8.16. The highest BCUT2D eigenvalue weighted by Crippen LogP contribution is 2.42. The zero-order valence-electron chi connectivity index (χ0n) is 17.4. The van der Waals surface area contributed by atoms with Gasteiger partial charge in [0.05, 0.1) is 14.2 Å². The molecule has 0 aliphatic rings. The largest absolute Gasteiger partial charge is 0.497 e. The van der Waals surface area contributed by atoms with Gasteiger partial charge in [0.1, 0.15) is 11.5 Å². The van der Waals surface area contributed by atoms with Crippen molar-refractivity contribution < 1.29 is 9.47 Å². The summed E-state index contributed by atoms with van der Waals surface area (Å²) >= 11 is 2.40. The molecule has 0 radical (unpaired) electrons. The monoisotopic (exact) mass is 486 g/mol. The molecule has 2 nitrogen and oxygen atoms in total. The summed E-state index contributed by atoms with van der Waals surface area (Å²) in [6.45, 7) is 8.74. The predicted molar refractivity (Wildman–Crippen MR) is 125 cm³/mol. The van der Waals surface area contributed by atoms with E-state index in [-0.39, 0.29) is 5.41 Å².